The molecule has 1 fully saturated rings. The van der Waals surface area contributed by atoms with E-state index >= 15 is 4.39 Å². The van der Waals surface area contributed by atoms with Crippen molar-refractivity contribution in [1.82, 2.24) is 19.5 Å². The van der Waals surface area contributed by atoms with E-state index in [0.717, 1.165) is 0 Å². The summed E-state index contributed by atoms with van der Waals surface area (Å²) < 4.78 is 38.4. The highest BCUT2D eigenvalue weighted by molar-refractivity contribution is 7.72. The number of halogens is 2. The van der Waals surface area contributed by atoms with Gasteiger partial charge in [-0.2, -0.15) is 5.10 Å². The molecule has 186 valence electrons. The summed E-state index contributed by atoms with van der Waals surface area (Å²) in [5, 5.41) is 4.52. The molecule has 10 nitrogen and oxygen atoms in total. The van der Waals surface area contributed by atoms with Crippen molar-refractivity contribution in [3.05, 3.63) is 41.4 Å². The monoisotopic (exact) mass is 522 g/mol. The highest BCUT2D eigenvalue weighted by Crippen LogP contribution is 2.36. The van der Waals surface area contributed by atoms with Crippen molar-refractivity contribution in [2.75, 3.05) is 22.9 Å². The Morgan fingerprint density at radius 1 is 1.31 bits per heavy atom. The third-order valence-corrected chi connectivity index (χ3v) is 7.03. The van der Waals surface area contributed by atoms with E-state index in [-0.39, 0.29) is 30.2 Å². The van der Waals surface area contributed by atoms with Gasteiger partial charge < -0.3 is 15.5 Å². The van der Waals surface area contributed by atoms with Crippen molar-refractivity contribution in [3.63, 3.8) is 0 Å². The van der Waals surface area contributed by atoms with Crippen molar-refractivity contribution in [2.24, 2.45) is 0 Å². The number of anilines is 2. The third-order valence-electron chi connectivity index (χ3n) is 6.15. The maximum atomic E-state index is 15.1. The molecule has 0 aliphatic carbocycles. The molecule has 3 heterocycles. The number of piperazine rings is 1. The van der Waals surface area contributed by atoms with Gasteiger partial charge in [-0.05, 0) is 45.0 Å². The van der Waals surface area contributed by atoms with Gasteiger partial charge in [0.25, 0.3) is 5.91 Å². The predicted octanol–water partition coefficient (Wildman–Crippen LogP) is 2.11. The Morgan fingerprint density at radius 2 is 2.03 bits per heavy atom. The van der Waals surface area contributed by atoms with E-state index < -0.39 is 39.9 Å². The lowest BCUT2D eigenvalue weighted by atomic mass is 9.93. The standard InChI is InChI=1S/C22H24ClFN6O4S/c1-12-10-28(18(31)6-7-35(33)34)22(2,3)21(32)29(12)17-8-13(4-5-15(17)24)16-9-14(23)19-20(25)26-11-27-30(16)19/h4-5,8-9,11-12,35H,6-7,10H2,1-3H3,(H2,25,26,27)/t12-/m0/s1. The lowest BCUT2D eigenvalue weighted by molar-refractivity contribution is -0.148. The van der Waals surface area contributed by atoms with E-state index in [4.69, 9.17) is 17.3 Å². The van der Waals surface area contributed by atoms with Crippen molar-refractivity contribution in [3.8, 4) is 11.3 Å². The first-order chi connectivity index (χ1) is 16.4. The van der Waals surface area contributed by atoms with Gasteiger partial charge >= 0.3 is 0 Å². The van der Waals surface area contributed by atoms with Gasteiger partial charge in [-0.3, -0.25) is 9.59 Å². The molecule has 0 spiro atoms. The molecule has 1 saturated heterocycles. The van der Waals surface area contributed by atoms with Crippen molar-refractivity contribution in [1.29, 1.82) is 0 Å². The molecule has 2 N–H and O–H groups in total. The van der Waals surface area contributed by atoms with Crippen LogP contribution in [-0.4, -0.2) is 63.6 Å². The predicted molar refractivity (Wildman–Crippen MR) is 130 cm³/mol. The molecule has 1 atom stereocenters. The Labute approximate surface area is 207 Å². The van der Waals surface area contributed by atoms with Crippen molar-refractivity contribution < 1.29 is 22.4 Å². The van der Waals surface area contributed by atoms with Crippen LogP contribution in [0, 0.1) is 5.82 Å². The number of hydrogen-bond donors (Lipinski definition) is 2. The second-order valence-electron chi connectivity index (χ2n) is 8.84. The number of fused-ring (bicyclic) bond motifs is 1. The summed E-state index contributed by atoms with van der Waals surface area (Å²) in [6, 6.07) is 5.37. The molecule has 1 aromatic carbocycles. The number of thiol groups is 1. The maximum Gasteiger partial charge on any atom is 0.252 e. The van der Waals surface area contributed by atoms with Crippen LogP contribution in [0.4, 0.5) is 15.9 Å². The Kier molecular flexibility index (Phi) is 6.45. The third kappa shape index (κ3) is 4.31. The Hall–Kier alpha value is -3.25. The molecule has 0 bridgehead atoms. The van der Waals surface area contributed by atoms with Gasteiger partial charge in [-0.15, -0.1) is 0 Å². The van der Waals surface area contributed by atoms with E-state index in [9.17, 15) is 18.0 Å². The number of rotatable bonds is 5. The van der Waals surface area contributed by atoms with Gasteiger partial charge in [0.05, 0.1) is 28.2 Å². The van der Waals surface area contributed by atoms with Gasteiger partial charge in [0.1, 0.15) is 33.9 Å². The fourth-order valence-corrected chi connectivity index (χ4v) is 5.01. The van der Waals surface area contributed by atoms with E-state index in [1.54, 1.807) is 32.9 Å². The molecule has 0 radical (unpaired) electrons. The molecule has 35 heavy (non-hydrogen) atoms. The van der Waals surface area contributed by atoms with Crippen molar-refractivity contribution in [2.45, 2.75) is 38.8 Å². The Bertz CT molecular complexity index is 1410. The molecule has 0 unspecified atom stereocenters. The first kappa shape index (κ1) is 24.9. The number of benzene rings is 1. The van der Waals surface area contributed by atoms with Crippen LogP contribution in [0.2, 0.25) is 5.02 Å². The summed E-state index contributed by atoms with van der Waals surface area (Å²) in [5.74, 6) is -1.67. The van der Waals surface area contributed by atoms with Crippen LogP contribution in [0.3, 0.4) is 0 Å². The topological polar surface area (TPSA) is 131 Å². The molecule has 3 aromatic rings. The molecular formula is C22H24ClFN6O4S. The average Bonchev–Trinajstić information content (AvgIpc) is 3.13. The SMILES string of the molecule is C[C@H]1CN(C(=O)CC[SH](=O)=O)C(C)(C)C(=O)N1c1cc(-c2cc(Cl)c3c(N)ncnn23)ccc1F. The zero-order chi connectivity index (χ0) is 25.7. The van der Waals surface area contributed by atoms with Gasteiger partial charge in [-0.25, -0.2) is 22.3 Å². The highest BCUT2D eigenvalue weighted by atomic mass is 35.5. The molecule has 2 aromatic heterocycles. The summed E-state index contributed by atoms with van der Waals surface area (Å²) in [4.78, 5) is 32.9. The second-order valence-corrected chi connectivity index (χ2v) is 10.4. The zero-order valence-electron chi connectivity index (χ0n) is 19.2. The first-order valence-electron chi connectivity index (χ1n) is 10.8. The van der Waals surface area contributed by atoms with E-state index in [0.29, 0.717) is 21.8 Å². The number of nitrogen functional groups attached to an aromatic ring is 1. The van der Waals surface area contributed by atoms with Crippen LogP contribution in [0.25, 0.3) is 16.8 Å². The smallest absolute Gasteiger partial charge is 0.252 e. The minimum Gasteiger partial charge on any atom is -0.382 e. The lowest BCUT2D eigenvalue weighted by Crippen LogP contribution is -2.68. The van der Waals surface area contributed by atoms with Gasteiger partial charge in [0.2, 0.25) is 5.91 Å². The number of hydrogen-bond acceptors (Lipinski definition) is 7. The minimum atomic E-state index is -2.72. The van der Waals surface area contributed by atoms with Crippen LogP contribution >= 0.6 is 11.6 Å². The van der Waals surface area contributed by atoms with E-state index in [1.807, 2.05) is 0 Å². The molecule has 1 aliphatic heterocycles. The number of carbonyl (C=O) groups excluding carboxylic acids is 2. The van der Waals surface area contributed by atoms with Crippen LogP contribution in [0.15, 0.2) is 30.6 Å². The van der Waals surface area contributed by atoms with Crippen LogP contribution in [0.5, 0.6) is 0 Å². The summed E-state index contributed by atoms with van der Waals surface area (Å²) >= 11 is 6.33. The van der Waals surface area contributed by atoms with Gasteiger partial charge in [-0.1, -0.05) is 11.6 Å². The minimum absolute atomic E-state index is 0.0379. The Morgan fingerprint density at radius 3 is 2.71 bits per heavy atom. The summed E-state index contributed by atoms with van der Waals surface area (Å²) in [7, 11) is -2.72. The van der Waals surface area contributed by atoms with Crippen LogP contribution in [-0.2, 0) is 20.3 Å². The number of amides is 2. The normalized spacial score (nSPS) is 18.0. The van der Waals surface area contributed by atoms with Crippen LogP contribution < -0.4 is 10.6 Å². The largest absolute Gasteiger partial charge is 0.382 e. The maximum absolute atomic E-state index is 15.1. The van der Waals surface area contributed by atoms with E-state index in [1.165, 1.54) is 32.8 Å². The van der Waals surface area contributed by atoms with Crippen molar-refractivity contribution >= 4 is 51.1 Å². The summed E-state index contributed by atoms with van der Waals surface area (Å²) in [6.45, 7) is 4.93. The number of carbonyl (C=O) groups is 2. The number of aromatic nitrogens is 3. The van der Waals surface area contributed by atoms with Crippen LogP contribution in [0.1, 0.15) is 27.2 Å². The fraction of sp³-hybridized carbons (Fsp3) is 0.364. The fourth-order valence-electron chi connectivity index (χ4n) is 4.35. The number of nitrogens with two attached hydrogens (primary N) is 1. The van der Waals surface area contributed by atoms with Gasteiger partial charge in [0, 0.05) is 18.5 Å². The van der Waals surface area contributed by atoms with Gasteiger partial charge in [0.15, 0.2) is 5.82 Å². The van der Waals surface area contributed by atoms with E-state index in [2.05, 4.69) is 10.1 Å². The zero-order valence-corrected chi connectivity index (χ0v) is 20.9. The first-order valence-corrected chi connectivity index (χ1v) is 12.5. The lowest BCUT2D eigenvalue weighted by Gasteiger charge is -2.49. The summed E-state index contributed by atoms with van der Waals surface area (Å²) in [6.07, 6.45) is 1.05. The quantitative estimate of drug-likeness (QED) is 0.491. The highest BCUT2D eigenvalue weighted by Gasteiger charge is 2.47. The molecular weight excluding hydrogens is 499 g/mol. The number of nitrogens with zero attached hydrogens (tertiary/aromatic N) is 5. The molecule has 1 aliphatic rings. The molecule has 4 rings (SSSR count). The Balaban J connectivity index is 1.74. The molecule has 0 saturated carbocycles. The average molecular weight is 523 g/mol. The molecule has 2 amide bonds. The summed E-state index contributed by atoms with van der Waals surface area (Å²) in [5.41, 5.74) is 6.13. The molecule has 13 heteroatoms. The second kappa shape index (κ2) is 9.08.